The summed E-state index contributed by atoms with van der Waals surface area (Å²) in [5.74, 6) is 1.24. The van der Waals surface area contributed by atoms with Crippen LogP contribution in [0, 0.1) is 6.92 Å². The average molecular weight is 287 g/mol. The summed E-state index contributed by atoms with van der Waals surface area (Å²) >= 11 is 6.00. The molecule has 0 aromatic carbocycles. The van der Waals surface area contributed by atoms with Crippen molar-refractivity contribution in [3.05, 3.63) is 53.7 Å². The fourth-order valence-electron chi connectivity index (χ4n) is 2.27. The Morgan fingerprint density at radius 1 is 1.25 bits per heavy atom. The zero-order valence-corrected chi connectivity index (χ0v) is 12.0. The van der Waals surface area contributed by atoms with E-state index in [-0.39, 0.29) is 0 Å². The summed E-state index contributed by atoms with van der Waals surface area (Å²) in [6.45, 7) is 2.80. The molecular weight excluding hydrogens is 272 g/mol. The summed E-state index contributed by atoms with van der Waals surface area (Å²) in [6.07, 6.45) is 4.51. The van der Waals surface area contributed by atoms with Gasteiger partial charge in [-0.05, 0) is 30.7 Å². The van der Waals surface area contributed by atoms with Gasteiger partial charge in [0.15, 0.2) is 5.65 Å². The molecule has 4 nitrogen and oxygen atoms in total. The number of hydrogen-bond acceptors (Lipinski definition) is 3. The SMILES string of the molecule is Cc1cnc2c(c1)nc(CCl)n2CCc1ccccn1. The van der Waals surface area contributed by atoms with Gasteiger partial charge in [-0.3, -0.25) is 4.98 Å². The Balaban J connectivity index is 1.93. The first-order valence-corrected chi connectivity index (χ1v) is 7.09. The lowest BCUT2D eigenvalue weighted by molar-refractivity contribution is 0.673. The van der Waals surface area contributed by atoms with Crippen molar-refractivity contribution in [1.29, 1.82) is 0 Å². The molecular formula is C15H15ClN4. The Morgan fingerprint density at radius 3 is 2.90 bits per heavy atom. The highest BCUT2D eigenvalue weighted by Gasteiger charge is 2.11. The summed E-state index contributed by atoms with van der Waals surface area (Å²) in [6, 6.07) is 7.98. The molecule has 0 saturated carbocycles. The fraction of sp³-hybridized carbons (Fsp3) is 0.267. The van der Waals surface area contributed by atoms with Crippen LogP contribution in [0.25, 0.3) is 11.2 Å². The zero-order valence-electron chi connectivity index (χ0n) is 11.3. The Hall–Kier alpha value is -1.94. The van der Waals surface area contributed by atoms with E-state index in [0.717, 1.165) is 41.2 Å². The Kier molecular flexibility index (Phi) is 3.65. The molecule has 5 heteroatoms. The second-order valence-electron chi connectivity index (χ2n) is 4.74. The molecule has 0 fully saturated rings. The van der Waals surface area contributed by atoms with Crippen LogP contribution in [-0.2, 0) is 18.8 Å². The molecule has 3 aromatic heterocycles. The number of aromatic nitrogens is 4. The predicted octanol–water partition coefficient (Wildman–Crippen LogP) is 3.12. The van der Waals surface area contributed by atoms with Gasteiger partial charge in [-0.1, -0.05) is 6.07 Å². The highest BCUT2D eigenvalue weighted by atomic mass is 35.5. The minimum atomic E-state index is 0.387. The minimum Gasteiger partial charge on any atom is -0.311 e. The van der Waals surface area contributed by atoms with Crippen LogP contribution in [-0.4, -0.2) is 19.5 Å². The van der Waals surface area contributed by atoms with E-state index in [1.807, 2.05) is 43.6 Å². The van der Waals surface area contributed by atoms with Gasteiger partial charge < -0.3 is 4.57 Å². The van der Waals surface area contributed by atoms with Gasteiger partial charge in [0.2, 0.25) is 0 Å². The summed E-state index contributed by atoms with van der Waals surface area (Å²) < 4.78 is 2.08. The molecule has 3 heterocycles. The lowest BCUT2D eigenvalue weighted by Crippen LogP contribution is -2.06. The molecule has 0 radical (unpaired) electrons. The van der Waals surface area contributed by atoms with Crippen molar-refractivity contribution in [3.63, 3.8) is 0 Å². The van der Waals surface area contributed by atoms with E-state index in [2.05, 4.69) is 19.5 Å². The number of pyridine rings is 2. The minimum absolute atomic E-state index is 0.387. The van der Waals surface area contributed by atoms with Crippen LogP contribution in [0.15, 0.2) is 36.7 Å². The van der Waals surface area contributed by atoms with Crippen LogP contribution in [0.2, 0.25) is 0 Å². The lowest BCUT2D eigenvalue weighted by Gasteiger charge is -2.06. The van der Waals surface area contributed by atoms with Gasteiger partial charge in [0.05, 0.1) is 5.88 Å². The molecule has 0 unspecified atom stereocenters. The maximum absolute atomic E-state index is 6.00. The van der Waals surface area contributed by atoms with Gasteiger partial charge in [-0.2, -0.15) is 0 Å². The van der Waals surface area contributed by atoms with Crippen LogP contribution in [0.5, 0.6) is 0 Å². The topological polar surface area (TPSA) is 43.6 Å². The molecule has 3 rings (SSSR count). The molecule has 0 spiro atoms. The van der Waals surface area contributed by atoms with Gasteiger partial charge in [-0.15, -0.1) is 11.6 Å². The van der Waals surface area contributed by atoms with Crippen LogP contribution in [0.4, 0.5) is 0 Å². The van der Waals surface area contributed by atoms with E-state index in [1.54, 1.807) is 0 Å². The first-order chi connectivity index (χ1) is 9.78. The van der Waals surface area contributed by atoms with Crippen LogP contribution >= 0.6 is 11.6 Å². The fourth-order valence-corrected chi connectivity index (χ4v) is 2.47. The number of hydrogen-bond donors (Lipinski definition) is 0. The van der Waals surface area contributed by atoms with Crippen LogP contribution in [0.1, 0.15) is 17.1 Å². The molecule has 0 saturated heterocycles. The third kappa shape index (κ3) is 2.51. The molecule has 0 aliphatic carbocycles. The molecule has 0 atom stereocenters. The summed E-state index contributed by atoms with van der Waals surface area (Å²) in [5, 5.41) is 0. The molecule has 0 aliphatic heterocycles. The standard InChI is InChI=1S/C15H15ClN4/c1-11-8-13-15(18-10-11)20(14(9-16)19-13)7-5-12-4-2-3-6-17-12/h2-4,6,8,10H,5,7,9H2,1H3. The van der Waals surface area contributed by atoms with Gasteiger partial charge in [0.25, 0.3) is 0 Å². The van der Waals surface area contributed by atoms with Crippen molar-refractivity contribution in [2.24, 2.45) is 0 Å². The third-order valence-corrected chi connectivity index (χ3v) is 3.48. The first kappa shape index (κ1) is 13.1. The average Bonchev–Trinajstić information content (AvgIpc) is 2.83. The Labute approximate surface area is 122 Å². The smallest absolute Gasteiger partial charge is 0.160 e. The number of rotatable bonds is 4. The molecule has 3 aromatic rings. The number of alkyl halides is 1. The lowest BCUT2D eigenvalue weighted by atomic mass is 10.2. The number of fused-ring (bicyclic) bond motifs is 1. The number of aryl methyl sites for hydroxylation is 3. The summed E-state index contributed by atoms with van der Waals surface area (Å²) in [4.78, 5) is 13.4. The maximum Gasteiger partial charge on any atom is 0.160 e. The highest BCUT2D eigenvalue weighted by molar-refractivity contribution is 6.16. The quantitative estimate of drug-likeness (QED) is 0.692. The van der Waals surface area contributed by atoms with Crippen LogP contribution in [0.3, 0.4) is 0 Å². The number of halogens is 1. The monoisotopic (exact) mass is 286 g/mol. The van der Waals surface area contributed by atoms with Gasteiger partial charge in [0, 0.05) is 31.1 Å². The normalized spacial score (nSPS) is 11.1. The molecule has 102 valence electrons. The van der Waals surface area contributed by atoms with E-state index < -0.39 is 0 Å². The number of imidazole rings is 1. The molecule has 0 bridgehead atoms. The van der Waals surface area contributed by atoms with E-state index in [9.17, 15) is 0 Å². The van der Waals surface area contributed by atoms with E-state index in [0.29, 0.717) is 5.88 Å². The van der Waals surface area contributed by atoms with E-state index in [1.165, 1.54) is 0 Å². The van der Waals surface area contributed by atoms with Crippen molar-refractivity contribution >= 4 is 22.8 Å². The van der Waals surface area contributed by atoms with Crippen LogP contribution < -0.4 is 0 Å². The maximum atomic E-state index is 6.00. The third-order valence-electron chi connectivity index (χ3n) is 3.24. The van der Waals surface area contributed by atoms with E-state index in [4.69, 9.17) is 11.6 Å². The second-order valence-corrected chi connectivity index (χ2v) is 5.01. The van der Waals surface area contributed by atoms with Crippen molar-refractivity contribution < 1.29 is 0 Å². The zero-order chi connectivity index (χ0) is 13.9. The van der Waals surface area contributed by atoms with Gasteiger partial charge >= 0.3 is 0 Å². The number of nitrogens with zero attached hydrogens (tertiary/aromatic N) is 4. The van der Waals surface area contributed by atoms with Crippen molar-refractivity contribution in [3.8, 4) is 0 Å². The molecule has 0 aliphatic rings. The Morgan fingerprint density at radius 2 is 2.15 bits per heavy atom. The molecule has 20 heavy (non-hydrogen) atoms. The largest absolute Gasteiger partial charge is 0.311 e. The first-order valence-electron chi connectivity index (χ1n) is 6.55. The highest BCUT2D eigenvalue weighted by Crippen LogP contribution is 2.17. The Bertz CT molecular complexity index is 721. The summed E-state index contributed by atoms with van der Waals surface area (Å²) in [5.41, 5.74) is 3.96. The summed E-state index contributed by atoms with van der Waals surface area (Å²) in [7, 11) is 0. The van der Waals surface area contributed by atoms with Gasteiger partial charge in [-0.25, -0.2) is 9.97 Å². The van der Waals surface area contributed by atoms with Crippen molar-refractivity contribution in [2.45, 2.75) is 25.8 Å². The van der Waals surface area contributed by atoms with Crippen molar-refractivity contribution in [2.75, 3.05) is 0 Å². The van der Waals surface area contributed by atoms with E-state index >= 15 is 0 Å². The van der Waals surface area contributed by atoms with Gasteiger partial charge in [0.1, 0.15) is 11.3 Å². The van der Waals surface area contributed by atoms with Crippen molar-refractivity contribution in [1.82, 2.24) is 19.5 Å². The molecule has 0 N–H and O–H groups in total. The predicted molar refractivity (Wildman–Crippen MR) is 79.8 cm³/mol. The second kappa shape index (κ2) is 5.59. The molecule has 0 amide bonds.